The van der Waals surface area contributed by atoms with Gasteiger partial charge in [-0.05, 0) is 47.5 Å². The van der Waals surface area contributed by atoms with Crippen molar-refractivity contribution in [2.45, 2.75) is 19.9 Å². The quantitative estimate of drug-likeness (QED) is 0.887. The zero-order chi connectivity index (χ0) is 15.2. The Balaban J connectivity index is 1.87. The van der Waals surface area contributed by atoms with Crippen LogP contribution in [-0.2, 0) is 4.79 Å². The molecular formula is C17H18BrNO2. The van der Waals surface area contributed by atoms with Crippen molar-refractivity contribution in [3.63, 3.8) is 0 Å². The Labute approximate surface area is 133 Å². The van der Waals surface area contributed by atoms with E-state index in [1.807, 2.05) is 62.4 Å². The number of para-hydroxylation sites is 1. The second kappa shape index (κ2) is 7.27. The van der Waals surface area contributed by atoms with Crippen molar-refractivity contribution < 1.29 is 9.53 Å². The number of halogens is 1. The number of amides is 1. The molecule has 0 aliphatic heterocycles. The summed E-state index contributed by atoms with van der Waals surface area (Å²) in [6.45, 7) is 4.00. The van der Waals surface area contributed by atoms with E-state index < -0.39 is 0 Å². The van der Waals surface area contributed by atoms with Gasteiger partial charge >= 0.3 is 0 Å². The van der Waals surface area contributed by atoms with Crippen molar-refractivity contribution in [3.8, 4) is 5.75 Å². The summed E-state index contributed by atoms with van der Waals surface area (Å²) in [5.74, 6) is 0.523. The molecule has 0 aliphatic rings. The summed E-state index contributed by atoms with van der Waals surface area (Å²) in [7, 11) is 0. The van der Waals surface area contributed by atoms with Crippen molar-refractivity contribution in [2.75, 3.05) is 6.61 Å². The minimum absolute atomic E-state index is 0.00118. The minimum Gasteiger partial charge on any atom is -0.483 e. The van der Waals surface area contributed by atoms with E-state index in [0.717, 1.165) is 10.0 Å². The van der Waals surface area contributed by atoms with Crippen molar-refractivity contribution in [1.29, 1.82) is 0 Å². The van der Waals surface area contributed by atoms with Gasteiger partial charge < -0.3 is 10.1 Å². The molecule has 0 aliphatic carbocycles. The first-order valence-corrected chi connectivity index (χ1v) is 7.59. The molecular weight excluding hydrogens is 330 g/mol. The molecule has 0 saturated heterocycles. The van der Waals surface area contributed by atoms with Gasteiger partial charge in [0.1, 0.15) is 5.75 Å². The van der Waals surface area contributed by atoms with Gasteiger partial charge in [0.2, 0.25) is 0 Å². The third kappa shape index (κ3) is 4.60. The molecule has 1 N–H and O–H groups in total. The zero-order valence-electron chi connectivity index (χ0n) is 12.1. The second-order valence-corrected chi connectivity index (χ2v) is 5.77. The maximum absolute atomic E-state index is 11.9. The minimum atomic E-state index is -0.140. The Morgan fingerprint density at radius 3 is 2.52 bits per heavy atom. The Hall–Kier alpha value is -1.81. The molecule has 0 radical (unpaired) electrons. The van der Waals surface area contributed by atoms with Crippen LogP contribution in [0.3, 0.4) is 0 Å². The van der Waals surface area contributed by atoms with Crippen molar-refractivity contribution in [3.05, 3.63) is 64.1 Å². The number of hydrogen-bond acceptors (Lipinski definition) is 2. The number of rotatable bonds is 5. The lowest BCUT2D eigenvalue weighted by atomic mass is 10.1. The van der Waals surface area contributed by atoms with Gasteiger partial charge in [-0.1, -0.05) is 42.0 Å². The van der Waals surface area contributed by atoms with E-state index >= 15 is 0 Å². The lowest BCUT2D eigenvalue weighted by Gasteiger charge is -2.15. The molecule has 2 aromatic carbocycles. The van der Waals surface area contributed by atoms with Gasteiger partial charge in [0.15, 0.2) is 6.61 Å². The summed E-state index contributed by atoms with van der Waals surface area (Å²) in [4.78, 5) is 11.9. The molecule has 21 heavy (non-hydrogen) atoms. The SMILES string of the molecule is Cc1ccc(C(C)NC(=O)COc2ccccc2Br)cc1. The number of aryl methyl sites for hydroxylation is 1. The maximum atomic E-state index is 11.9. The summed E-state index contributed by atoms with van der Waals surface area (Å²) < 4.78 is 6.33. The van der Waals surface area contributed by atoms with E-state index in [1.54, 1.807) is 0 Å². The van der Waals surface area contributed by atoms with Crippen LogP contribution in [-0.4, -0.2) is 12.5 Å². The van der Waals surface area contributed by atoms with Crippen LogP contribution in [0.5, 0.6) is 5.75 Å². The van der Waals surface area contributed by atoms with Crippen LogP contribution in [0, 0.1) is 6.92 Å². The Morgan fingerprint density at radius 2 is 1.86 bits per heavy atom. The van der Waals surface area contributed by atoms with Crippen LogP contribution < -0.4 is 10.1 Å². The highest BCUT2D eigenvalue weighted by atomic mass is 79.9. The molecule has 0 saturated carbocycles. The average Bonchev–Trinajstić information content (AvgIpc) is 2.47. The van der Waals surface area contributed by atoms with Crippen LogP contribution in [0.25, 0.3) is 0 Å². The van der Waals surface area contributed by atoms with Crippen LogP contribution in [0.4, 0.5) is 0 Å². The number of nitrogens with one attached hydrogen (secondary N) is 1. The van der Waals surface area contributed by atoms with Gasteiger partial charge in [-0.25, -0.2) is 0 Å². The van der Waals surface area contributed by atoms with Crippen LogP contribution in [0.1, 0.15) is 24.1 Å². The van der Waals surface area contributed by atoms with Crippen LogP contribution >= 0.6 is 15.9 Å². The van der Waals surface area contributed by atoms with Gasteiger partial charge in [0, 0.05) is 0 Å². The van der Waals surface area contributed by atoms with Gasteiger partial charge in [-0.3, -0.25) is 4.79 Å². The number of benzene rings is 2. The fraction of sp³-hybridized carbons (Fsp3) is 0.235. The molecule has 3 nitrogen and oxygen atoms in total. The van der Waals surface area contributed by atoms with E-state index in [2.05, 4.69) is 21.2 Å². The second-order valence-electron chi connectivity index (χ2n) is 4.92. The van der Waals surface area contributed by atoms with Gasteiger partial charge in [0.25, 0.3) is 5.91 Å². The van der Waals surface area contributed by atoms with Crippen LogP contribution in [0.15, 0.2) is 53.0 Å². The first-order chi connectivity index (χ1) is 10.1. The molecule has 1 atom stereocenters. The standard InChI is InChI=1S/C17H18BrNO2/c1-12-7-9-14(10-8-12)13(2)19-17(20)11-21-16-6-4-3-5-15(16)18/h3-10,13H,11H2,1-2H3,(H,19,20). The highest BCUT2D eigenvalue weighted by Crippen LogP contribution is 2.23. The number of carbonyl (C=O) groups excluding carboxylic acids is 1. The summed E-state index contributed by atoms with van der Waals surface area (Å²) in [5, 5.41) is 2.93. The Morgan fingerprint density at radius 1 is 1.19 bits per heavy atom. The van der Waals surface area contributed by atoms with E-state index in [1.165, 1.54) is 5.56 Å². The topological polar surface area (TPSA) is 38.3 Å². The first-order valence-electron chi connectivity index (χ1n) is 6.79. The third-order valence-corrected chi connectivity index (χ3v) is 3.81. The predicted octanol–water partition coefficient (Wildman–Crippen LogP) is 4.01. The molecule has 0 spiro atoms. The Bertz CT molecular complexity index is 610. The number of hydrogen-bond donors (Lipinski definition) is 1. The summed E-state index contributed by atoms with van der Waals surface area (Å²) in [6, 6.07) is 15.5. The normalized spacial score (nSPS) is 11.8. The fourth-order valence-electron chi connectivity index (χ4n) is 1.93. The van der Waals surface area contributed by atoms with E-state index in [9.17, 15) is 4.79 Å². The highest BCUT2D eigenvalue weighted by molar-refractivity contribution is 9.10. The predicted molar refractivity (Wildman–Crippen MR) is 87.4 cm³/mol. The van der Waals surface area contributed by atoms with E-state index in [0.29, 0.717) is 5.75 Å². The van der Waals surface area contributed by atoms with Crippen molar-refractivity contribution in [2.24, 2.45) is 0 Å². The monoisotopic (exact) mass is 347 g/mol. The van der Waals surface area contributed by atoms with Crippen LogP contribution in [0.2, 0.25) is 0 Å². The molecule has 1 unspecified atom stereocenters. The van der Waals surface area contributed by atoms with E-state index in [4.69, 9.17) is 4.74 Å². The lowest BCUT2D eigenvalue weighted by Crippen LogP contribution is -2.31. The van der Waals surface area contributed by atoms with Gasteiger partial charge in [-0.2, -0.15) is 0 Å². The zero-order valence-corrected chi connectivity index (χ0v) is 13.7. The molecule has 0 fully saturated rings. The molecule has 0 aromatic heterocycles. The van der Waals surface area contributed by atoms with Crippen molar-refractivity contribution in [1.82, 2.24) is 5.32 Å². The lowest BCUT2D eigenvalue weighted by molar-refractivity contribution is -0.123. The summed E-state index contributed by atoms with van der Waals surface area (Å²) in [6.07, 6.45) is 0. The third-order valence-electron chi connectivity index (χ3n) is 3.15. The average molecular weight is 348 g/mol. The molecule has 4 heteroatoms. The molecule has 110 valence electrons. The highest BCUT2D eigenvalue weighted by Gasteiger charge is 2.10. The Kier molecular flexibility index (Phi) is 5.39. The maximum Gasteiger partial charge on any atom is 0.258 e. The molecule has 1 amide bonds. The van der Waals surface area contributed by atoms with E-state index in [-0.39, 0.29) is 18.6 Å². The van der Waals surface area contributed by atoms with Crippen molar-refractivity contribution >= 4 is 21.8 Å². The van der Waals surface area contributed by atoms with Gasteiger partial charge in [-0.15, -0.1) is 0 Å². The largest absolute Gasteiger partial charge is 0.483 e. The fourth-order valence-corrected chi connectivity index (χ4v) is 2.33. The number of carbonyl (C=O) groups is 1. The first kappa shape index (κ1) is 15.6. The summed E-state index contributed by atoms with van der Waals surface area (Å²) >= 11 is 3.38. The molecule has 2 aromatic rings. The number of ether oxygens (including phenoxy) is 1. The smallest absolute Gasteiger partial charge is 0.258 e. The molecule has 0 bridgehead atoms. The van der Waals surface area contributed by atoms with Gasteiger partial charge in [0.05, 0.1) is 10.5 Å². The summed E-state index contributed by atoms with van der Waals surface area (Å²) in [5.41, 5.74) is 2.28. The molecule has 0 heterocycles. The molecule has 2 rings (SSSR count).